The van der Waals surface area contributed by atoms with Crippen molar-refractivity contribution < 1.29 is 0 Å². The zero-order valence-corrected chi connectivity index (χ0v) is 14.0. The molecule has 0 bridgehead atoms. The van der Waals surface area contributed by atoms with Gasteiger partial charge in [0.15, 0.2) is 0 Å². The fourth-order valence-corrected chi connectivity index (χ4v) is 3.21. The Morgan fingerprint density at radius 3 is 2.71 bits per heavy atom. The van der Waals surface area contributed by atoms with Crippen molar-refractivity contribution in [2.45, 2.75) is 25.4 Å². The summed E-state index contributed by atoms with van der Waals surface area (Å²) >= 11 is 6.02. The zero-order chi connectivity index (χ0) is 16.4. The van der Waals surface area contributed by atoms with Crippen LogP contribution in [0, 0.1) is 5.92 Å². The summed E-state index contributed by atoms with van der Waals surface area (Å²) in [6, 6.07) is 12.5. The lowest BCUT2D eigenvalue weighted by molar-refractivity contribution is 0.481. The highest BCUT2D eigenvalue weighted by atomic mass is 35.5. The molecular weight excluding hydrogens is 320 g/mol. The molecule has 4 nitrogen and oxygen atoms in total. The molecule has 0 aliphatic heterocycles. The Bertz CT molecular complexity index is 794. The molecule has 3 aromatic rings. The second kappa shape index (κ2) is 6.75. The molecule has 2 aromatic heterocycles. The van der Waals surface area contributed by atoms with Gasteiger partial charge in [0.1, 0.15) is 0 Å². The van der Waals surface area contributed by atoms with Gasteiger partial charge in [-0.3, -0.25) is 10.1 Å². The van der Waals surface area contributed by atoms with Gasteiger partial charge in [0, 0.05) is 41.1 Å². The van der Waals surface area contributed by atoms with Crippen molar-refractivity contribution in [1.29, 1.82) is 0 Å². The Labute approximate surface area is 146 Å². The van der Waals surface area contributed by atoms with Crippen molar-refractivity contribution in [2.24, 2.45) is 5.92 Å². The minimum absolute atomic E-state index is 0.360. The minimum Gasteiger partial charge on any atom is -0.305 e. The van der Waals surface area contributed by atoms with E-state index < -0.39 is 0 Å². The van der Waals surface area contributed by atoms with Gasteiger partial charge in [-0.05, 0) is 48.6 Å². The molecule has 0 spiro atoms. The summed E-state index contributed by atoms with van der Waals surface area (Å²) in [6.07, 6.45) is 8.08. The zero-order valence-electron chi connectivity index (χ0n) is 13.2. The van der Waals surface area contributed by atoms with Crippen molar-refractivity contribution >= 4 is 11.6 Å². The minimum atomic E-state index is 0.360. The molecule has 0 amide bonds. The Kier molecular flexibility index (Phi) is 4.32. The molecule has 2 N–H and O–H groups in total. The van der Waals surface area contributed by atoms with E-state index in [0.29, 0.717) is 12.0 Å². The highest BCUT2D eigenvalue weighted by molar-refractivity contribution is 6.30. The molecule has 1 aliphatic carbocycles. The maximum Gasteiger partial charge on any atom is 0.0710 e. The molecule has 0 radical (unpaired) electrons. The van der Waals surface area contributed by atoms with Gasteiger partial charge in [0.2, 0.25) is 0 Å². The van der Waals surface area contributed by atoms with E-state index in [1.807, 2.05) is 36.7 Å². The molecule has 1 saturated carbocycles. The quantitative estimate of drug-likeness (QED) is 0.702. The topological polar surface area (TPSA) is 53.6 Å². The van der Waals surface area contributed by atoms with E-state index >= 15 is 0 Å². The second-order valence-electron chi connectivity index (χ2n) is 6.26. The number of hydrogen-bond acceptors (Lipinski definition) is 3. The number of halogens is 1. The first-order valence-electron chi connectivity index (χ1n) is 8.23. The number of aromatic amines is 1. The van der Waals surface area contributed by atoms with Gasteiger partial charge in [-0.15, -0.1) is 0 Å². The molecule has 1 fully saturated rings. The fourth-order valence-electron chi connectivity index (χ4n) is 3.08. The first kappa shape index (κ1) is 15.4. The van der Waals surface area contributed by atoms with Crippen molar-refractivity contribution in [3.05, 3.63) is 71.1 Å². The highest BCUT2D eigenvalue weighted by Gasteiger charge is 2.32. The first-order valence-corrected chi connectivity index (χ1v) is 8.60. The van der Waals surface area contributed by atoms with Crippen molar-refractivity contribution in [3.8, 4) is 11.3 Å². The van der Waals surface area contributed by atoms with Crippen LogP contribution >= 0.6 is 11.6 Å². The summed E-state index contributed by atoms with van der Waals surface area (Å²) in [7, 11) is 0. The number of H-pyrrole nitrogens is 1. The molecule has 0 unspecified atom stereocenters. The van der Waals surface area contributed by atoms with Gasteiger partial charge in [0.25, 0.3) is 0 Å². The van der Waals surface area contributed by atoms with Gasteiger partial charge in [-0.2, -0.15) is 5.10 Å². The lowest BCUT2D eigenvalue weighted by atomic mass is 10.0. The average Bonchev–Trinajstić information content (AvgIpc) is 3.35. The van der Waals surface area contributed by atoms with E-state index in [1.165, 1.54) is 18.4 Å². The third kappa shape index (κ3) is 3.35. The van der Waals surface area contributed by atoms with Crippen LogP contribution in [-0.2, 0) is 6.54 Å². The van der Waals surface area contributed by atoms with E-state index in [2.05, 4.69) is 32.6 Å². The third-order valence-electron chi connectivity index (χ3n) is 4.50. The molecule has 1 aromatic carbocycles. The Hall–Kier alpha value is -2.17. The normalized spacial score (nSPS) is 15.4. The number of nitrogens with one attached hydrogen (secondary N) is 2. The maximum absolute atomic E-state index is 6.02. The van der Waals surface area contributed by atoms with Crippen LogP contribution in [0.2, 0.25) is 5.02 Å². The van der Waals surface area contributed by atoms with E-state index in [1.54, 1.807) is 6.20 Å². The van der Waals surface area contributed by atoms with Crippen LogP contribution in [0.5, 0.6) is 0 Å². The number of benzene rings is 1. The smallest absolute Gasteiger partial charge is 0.0710 e. The van der Waals surface area contributed by atoms with E-state index in [9.17, 15) is 0 Å². The summed E-state index contributed by atoms with van der Waals surface area (Å²) < 4.78 is 0. The van der Waals surface area contributed by atoms with Crippen LogP contribution in [0.1, 0.15) is 30.0 Å². The molecular formula is C19H19ClN4. The van der Waals surface area contributed by atoms with Gasteiger partial charge in [-0.1, -0.05) is 23.7 Å². The molecule has 24 heavy (non-hydrogen) atoms. The predicted molar refractivity (Wildman–Crippen MR) is 95.6 cm³/mol. The Balaban J connectivity index is 1.51. The predicted octanol–water partition coefficient (Wildman–Crippen LogP) is 4.37. The molecule has 122 valence electrons. The summed E-state index contributed by atoms with van der Waals surface area (Å²) in [5, 5.41) is 11.8. The summed E-state index contributed by atoms with van der Waals surface area (Å²) in [5.41, 5.74) is 4.54. The van der Waals surface area contributed by atoms with Crippen molar-refractivity contribution in [1.82, 2.24) is 20.5 Å². The highest BCUT2D eigenvalue weighted by Crippen LogP contribution is 2.41. The van der Waals surface area contributed by atoms with E-state index in [0.717, 1.165) is 28.4 Å². The third-order valence-corrected chi connectivity index (χ3v) is 4.76. The van der Waals surface area contributed by atoms with E-state index in [4.69, 9.17) is 11.6 Å². The maximum atomic E-state index is 6.02. The van der Waals surface area contributed by atoms with Crippen molar-refractivity contribution in [2.75, 3.05) is 0 Å². The second-order valence-corrected chi connectivity index (χ2v) is 6.70. The molecule has 5 heteroatoms. The lowest BCUT2D eigenvalue weighted by Crippen LogP contribution is -2.22. The summed E-state index contributed by atoms with van der Waals surface area (Å²) in [5.74, 6) is 0.708. The van der Waals surface area contributed by atoms with E-state index in [-0.39, 0.29) is 0 Å². The SMILES string of the molecule is Clc1ccc([C@@H](NCc2cn[nH]c2-c2cccnc2)C2CC2)cc1. The van der Waals surface area contributed by atoms with Crippen LogP contribution in [0.25, 0.3) is 11.3 Å². The van der Waals surface area contributed by atoms with Gasteiger partial charge in [0.05, 0.1) is 11.9 Å². The van der Waals surface area contributed by atoms with Crippen molar-refractivity contribution in [3.63, 3.8) is 0 Å². The van der Waals surface area contributed by atoms with Crippen LogP contribution < -0.4 is 5.32 Å². The summed E-state index contributed by atoms with van der Waals surface area (Å²) in [4.78, 5) is 4.19. The number of nitrogens with zero attached hydrogens (tertiary/aromatic N) is 2. The molecule has 0 saturated heterocycles. The van der Waals surface area contributed by atoms with Crippen LogP contribution in [-0.4, -0.2) is 15.2 Å². The molecule has 1 atom stereocenters. The van der Waals surface area contributed by atoms with Gasteiger partial charge >= 0.3 is 0 Å². The summed E-state index contributed by atoms with van der Waals surface area (Å²) in [6.45, 7) is 0.768. The standard InChI is InChI=1S/C19H19ClN4/c20-17-7-5-14(6-8-17)18(13-3-4-13)22-11-16-12-23-24-19(16)15-2-1-9-21-10-15/h1-2,5-10,12-13,18,22H,3-4,11H2,(H,23,24)/t18-/m0/s1. The lowest BCUT2D eigenvalue weighted by Gasteiger charge is -2.19. The molecule has 1 aliphatic rings. The van der Waals surface area contributed by atoms with Crippen LogP contribution in [0.3, 0.4) is 0 Å². The largest absolute Gasteiger partial charge is 0.305 e. The molecule has 2 heterocycles. The molecule has 4 rings (SSSR count). The fraction of sp³-hybridized carbons (Fsp3) is 0.263. The number of aromatic nitrogens is 3. The average molecular weight is 339 g/mol. The number of pyridine rings is 1. The van der Waals surface area contributed by atoms with Crippen LogP contribution in [0.4, 0.5) is 0 Å². The monoisotopic (exact) mass is 338 g/mol. The first-order chi connectivity index (χ1) is 11.8. The van der Waals surface area contributed by atoms with Gasteiger partial charge < -0.3 is 5.32 Å². The number of hydrogen-bond donors (Lipinski definition) is 2. The Morgan fingerprint density at radius 1 is 1.17 bits per heavy atom. The van der Waals surface area contributed by atoms with Gasteiger partial charge in [-0.25, -0.2) is 0 Å². The van der Waals surface area contributed by atoms with Crippen LogP contribution in [0.15, 0.2) is 55.0 Å². The Morgan fingerprint density at radius 2 is 2.00 bits per heavy atom. The number of rotatable bonds is 6.